The first-order chi connectivity index (χ1) is 15.5. The number of piperazine rings is 1. The summed E-state index contributed by atoms with van der Waals surface area (Å²) >= 11 is 7.75. The molecule has 0 unspecified atom stereocenters. The third kappa shape index (κ3) is 4.05. The molecule has 0 atom stereocenters. The van der Waals surface area contributed by atoms with Crippen LogP contribution >= 0.6 is 22.9 Å². The third-order valence-corrected chi connectivity index (χ3v) is 7.46. The van der Waals surface area contributed by atoms with Crippen LogP contribution < -0.4 is 14.5 Å². The number of carbonyl (C=O) groups is 1. The predicted molar refractivity (Wildman–Crippen MR) is 132 cm³/mol. The first kappa shape index (κ1) is 21.2. The Morgan fingerprint density at radius 2 is 1.75 bits per heavy atom. The van der Waals surface area contributed by atoms with Crippen LogP contribution in [0.2, 0.25) is 5.02 Å². The maximum Gasteiger partial charge on any atom is 0.264 e. The molecule has 2 aromatic carbocycles. The highest BCUT2D eigenvalue weighted by atomic mass is 35.5. The number of thiophene rings is 1. The zero-order chi connectivity index (χ0) is 22.2. The smallest absolute Gasteiger partial charge is 0.264 e. The minimum absolute atomic E-state index is 0.112. The highest BCUT2D eigenvalue weighted by Crippen LogP contribution is 2.41. The number of fused-ring (bicyclic) bond motifs is 1. The van der Waals surface area contributed by atoms with Gasteiger partial charge in [-0.1, -0.05) is 23.7 Å². The maximum atomic E-state index is 13.2. The Labute approximate surface area is 197 Å². The second-order valence-corrected chi connectivity index (χ2v) is 9.82. The topological polar surface area (TPSA) is 36.0 Å². The van der Waals surface area contributed by atoms with Crippen molar-refractivity contribution in [1.82, 2.24) is 4.90 Å². The zero-order valence-corrected chi connectivity index (χ0v) is 19.9. The fraction of sp³-hybridized carbons (Fsp3) is 0.320. The van der Waals surface area contributed by atoms with E-state index in [1.165, 1.54) is 28.2 Å². The minimum Gasteiger partial charge on any atom is -0.490 e. The van der Waals surface area contributed by atoms with Crippen molar-refractivity contribution in [2.24, 2.45) is 0 Å². The largest absolute Gasteiger partial charge is 0.490 e. The molecule has 2 aliphatic heterocycles. The number of benzene rings is 2. The first-order valence-corrected chi connectivity index (χ1v) is 12.1. The van der Waals surface area contributed by atoms with Crippen LogP contribution in [0.25, 0.3) is 0 Å². The molecule has 0 saturated carbocycles. The van der Waals surface area contributed by atoms with Gasteiger partial charge in [-0.25, -0.2) is 0 Å². The van der Waals surface area contributed by atoms with Gasteiger partial charge in [0.05, 0.1) is 22.1 Å². The average molecular weight is 468 g/mol. The molecule has 1 saturated heterocycles. The van der Waals surface area contributed by atoms with Gasteiger partial charge in [0.1, 0.15) is 12.4 Å². The highest BCUT2D eigenvalue weighted by Gasteiger charge is 2.26. The van der Waals surface area contributed by atoms with Gasteiger partial charge in [-0.2, -0.15) is 0 Å². The van der Waals surface area contributed by atoms with Crippen molar-refractivity contribution in [3.63, 3.8) is 0 Å². The van der Waals surface area contributed by atoms with Crippen molar-refractivity contribution in [2.75, 3.05) is 49.1 Å². The van der Waals surface area contributed by atoms with Crippen LogP contribution in [0.4, 0.5) is 16.4 Å². The van der Waals surface area contributed by atoms with E-state index in [0.29, 0.717) is 11.6 Å². The number of rotatable bonds is 3. The fourth-order valence-corrected chi connectivity index (χ4v) is 5.55. The molecule has 7 heteroatoms. The molecule has 0 aliphatic carbocycles. The molecule has 166 valence electrons. The molecule has 1 amide bonds. The lowest BCUT2D eigenvalue weighted by molar-refractivity contribution is 0.0751. The van der Waals surface area contributed by atoms with Gasteiger partial charge >= 0.3 is 0 Å². The number of hydrogen-bond donors (Lipinski definition) is 0. The molecule has 0 radical (unpaired) electrons. The number of aryl methyl sites for hydroxylation is 2. The Hall–Kier alpha value is -2.70. The number of nitrogens with zero attached hydrogens (tertiary/aromatic N) is 3. The Morgan fingerprint density at radius 3 is 2.56 bits per heavy atom. The van der Waals surface area contributed by atoms with Crippen LogP contribution in [0, 0.1) is 13.8 Å². The van der Waals surface area contributed by atoms with Gasteiger partial charge in [-0.05, 0) is 61.4 Å². The molecule has 5 rings (SSSR count). The normalized spacial score (nSPS) is 16.0. The van der Waals surface area contributed by atoms with E-state index in [0.717, 1.165) is 54.0 Å². The number of anilines is 3. The Bertz CT molecular complexity index is 1150. The van der Waals surface area contributed by atoms with E-state index in [9.17, 15) is 4.79 Å². The lowest BCUT2D eigenvalue weighted by Gasteiger charge is -2.36. The van der Waals surface area contributed by atoms with E-state index in [4.69, 9.17) is 16.3 Å². The summed E-state index contributed by atoms with van der Waals surface area (Å²) in [7, 11) is 0. The second-order valence-electron chi connectivity index (χ2n) is 8.32. The molecule has 5 nitrogen and oxygen atoms in total. The van der Waals surface area contributed by atoms with Crippen molar-refractivity contribution < 1.29 is 9.53 Å². The van der Waals surface area contributed by atoms with Crippen LogP contribution in [0.1, 0.15) is 20.8 Å². The molecular weight excluding hydrogens is 442 g/mol. The number of amides is 1. The Balaban J connectivity index is 1.28. The summed E-state index contributed by atoms with van der Waals surface area (Å²) in [6, 6.07) is 16.2. The van der Waals surface area contributed by atoms with Gasteiger partial charge in [0, 0.05) is 36.9 Å². The standard InChI is InChI=1S/C25H26ClN3O2S/c1-17-3-4-18(2)20(15-17)27-9-11-28(12-10-27)25(30)23-7-8-24(32-23)29-13-14-31-22-6-5-19(26)16-21(22)29/h3-8,15-16H,9-14H2,1-2H3. The lowest BCUT2D eigenvalue weighted by Crippen LogP contribution is -2.48. The SMILES string of the molecule is Cc1ccc(C)c(N2CCN(C(=O)c3ccc(N4CCOc5ccc(Cl)cc54)s3)CC2)c1. The molecule has 0 spiro atoms. The van der Waals surface area contributed by atoms with E-state index < -0.39 is 0 Å². The summed E-state index contributed by atoms with van der Waals surface area (Å²) < 4.78 is 5.77. The molecule has 32 heavy (non-hydrogen) atoms. The van der Waals surface area contributed by atoms with E-state index in [1.54, 1.807) is 0 Å². The molecule has 1 aromatic heterocycles. The Morgan fingerprint density at radius 1 is 0.938 bits per heavy atom. The van der Waals surface area contributed by atoms with Gasteiger partial charge in [0.25, 0.3) is 5.91 Å². The highest BCUT2D eigenvalue weighted by molar-refractivity contribution is 7.18. The number of hydrogen-bond acceptors (Lipinski definition) is 5. The number of carbonyl (C=O) groups excluding carboxylic acids is 1. The monoisotopic (exact) mass is 467 g/mol. The van der Waals surface area contributed by atoms with E-state index in [1.807, 2.05) is 35.2 Å². The van der Waals surface area contributed by atoms with Crippen molar-refractivity contribution in [2.45, 2.75) is 13.8 Å². The second kappa shape index (κ2) is 8.68. The molecule has 2 aliphatic rings. The Kier molecular flexibility index (Phi) is 5.74. The summed E-state index contributed by atoms with van der Waals surface area (Å²) in [6.45, 7) is 8.78. The van der Waals surface area contributed by atoms with Crippen LogP contribution in [0.3, 0.4) is 0 Å². The van der Waals surface area contributed by atoms with Crippen LogP contribution in [-0.2, 0) is 0 Å². The summed E-state index contributed by atoms with van der Waals surface area (Å²) in [6.07, 6.45) is 0. The van der Waals surface area contributed by atoms with Gasteiger partial charge < -0.3 is 19.4 Å². The zero-order valence-electron chi connectivity index (χ0n) is 18.3. The number of halogens is 1. The minimum atomic E-state index is 0.112. The fourth-order valence-electron chi connectivity index (χ4n) is 4.37. The quantitative estimate of drug-likeness (QED) is 0.508. The molecule has 0 bridgehead atoms. The number of ether oxygens (including phenoxy) is 1. The summed E-state index contributed by atoms with van der Waals surface area (Å²) in [5.41, 5.74) is 4.78. The average Bonchev–Trinajstić information content (AvgIpc) is 3.30. The third-order valence-electron chi connectivity index (χ3n) is 6.13. The van der Waals surface area contributed by atoms with Crippen molar-refractivity contribution in [3.05, 3.63) is 69.6 Å². The van der Waals surface area contributed by atoms with Crippen LogP contribution in [0.5, 0.6) is 5.75 Å². The molecule has 1 fully saturated rings. The van der Waals surface area contributed by atoms with Crippen molar-refractivity contribution in [1.29, 1.82) is 0 Å². The first-order valence-electron chi connectivity index (χ1n) is 10.9. The predicted octanol–water partition coefficient (Wildman–Crippen LogP) is 5.51. The van der Waals surface area contributed by atoms with Gasteiger partial charge in [0.15, 0.2) is 0 Å². The van der Waals surface area contributed by atoms with Crippen LogP contribution in [0.15, 0.2) is 48.5 Å². The molecule has 3 heterocycles. The van der Waals surface area contributed by atoms with Gasteiger partial charge in [-0.15, -0.1) is 11.3 Å². The van der Waals surface area contributed by atoms with E-state index in [-0.39, 0.29) is 5.91 Å². The summed E-state index contributed by atoms with van der Waals surface area (Å²) in [5, 5.41) is 1.71. The van der Waals surface area contributed by atoms with Crippen molar-refractivity contribution in [3.8, 4) is 5.75 Å². The summed E-state index contributed by atoms with van der Waals surface area (Å²) in [5.74, 6) is 0.936. The van der Waals surface area contributed by atoms with Crippen molar-refractivity contribution >= 4 is 45.2 Å². The lowest BCUT2D eigenvalue weighted by atomic mass is 10.1. The van der Waals surface area contributed by atoms with Crippen LogP contribution in [-0.4, -0.2) is 50.1 Å². The molecule has 0 N–H and O–H groups in total. The van der Waals surface area contributed by atoms with Gasteiger partial charge in [-0.3, -0.25) is 4.79 Å². The summed E-state index contributed by atoms with van der Waals surface area (Å²) in [4.78, 5) is 20.5. The maximum absolute atomic E-state index is 13.2. The molecular formula is C25H26ClN3O2S. The molecule has 3 aromatic rings. The van der Waals surface area contributed by atoms with E-state index >= 15 is 0 Å². The van der Waals surface area contributed by atoms with Gasteiger partial charge in [0.2, 0.25) is 0 Å². The van der Waals surface area contributed by atoms with E-state index in [2.05, 4.69) is 41.8 Å².